The Bertz CT molecular complexity index is 762. The van der Waals surface area contributed by atoms with Crippen molar-refractivity contribution in [2.45, 2.75) is 38.1 Å². The van der Waals surface area contributed by atoms with Crippen LogP contribution < -0.4 is 5.32 Å². The Kier molecular flexibility index (Phi) is 3.69. The van der Waals surface area contributed by atoms with E-state index in [-0.39, 0.29) is 0 Å². The summed E-state index contributed by atoms with van der Waals surface area (Å²) < 4.78 is 0. The Labute approximate surface area is 143 Å². The number of rotatable bonds is 2. The SMILES string of the molecule is CC(C)c1cccc2c1NC(c1cccc(Cl)c1)C1CC=CC21. The van der Waals surface area contributed by atoms with Crippen LogP contribution in [0.5, 0.6) is 0 Å². The molecule has 3 unspecified atom stereocenters. The van der Waals surface area contributed by atoms with Crippen molar-refractivity contribution in [1.29, 1.82) is 0 Å². The second kappa shape index (κ2) is 5.72. The molecule has 0 radical (unpaired) electrons. The molecule has 2 aliphatic rings. The molecule has 118 valence electrons. The molecule has 4 rings (SSSR count). The standard InChI is InChI=1S/C21H22ClN/c1-13(2)16-8-4-11-19-17-9-5-10-18(17)20(23-21(16)19)14-6-3-7-15(22)12-14/h3-9,11-13,17-18,20,23H,10H2,1-2H3. The van der Waals surface area contributed by atoms with Crippen molar-refractivity contribution in [2.75, 3.05) is 5.32 Å². The Hall–Kier alpha value is -1.73. The predicted octanol–water partition coefficient (Wildman–Crippen LogP) is 6.29. The highest BCUT2D eigenvalue weighted by Crippen LogP contribution is 2.51. The monoisotopic (exact) mass is 323 g/mol. The first kappa shape index (κ1) is 14.8. The van der Waals surface area contributed by atoms with Gasteiger partial charge in [0.15, 0.2) is 0 Å². The summed E-state index contributed by atoms with van der Waals surface area (Å²) in [5.74, 6) is 1.59. The molecule has 1 N–H and O–H groups in total. The molecule has 23 heavy (non-hydrogen) atoms. The van der Waals surface area contributed by atoms with E-state index in [4.69, 9.17) is 11.6 Å². The molecule has 2 heteroatoms. The lowest BCUT2D eigenvalue weighted by Gasteiger charge is -2.39. The topological polar surface area (TPSA) is 12.0 Å². The van der Waals surface area contributed by atoms with Crippen LogP contribution in [-0.4, -0.2) is 0 Å². The van der Waals surface area contributed by atoms with Gasteiger partial charge < -0.3 is 5.32 Å². The van der Waals surface area contributed by atoms with Gasteiger partial charge in [-0.1, -0.05) is 67.9 Å². The Balaban J connectivity index is 1.83. The van der Waals surface area contributed by atoms with Gasteiger partial charge >= 0.3 is 0 Å². The van der Waals surface area contributed by atoms with E-state index in [1.165, 1.54) is 22.4 Å². The van der Waals surface area contributed by atoms with Gasteiger partial charge in [-0.25, -0.2) is 0 Å². The van der Waals surface area contributed by atoms with Gasteiger partial charge in [-0.2, -0.15) is 0 Å². The molecule has 0 fully saturated rings. The molecule has 1 nitrogen and oxygen atoms in total. The van der Waals surface area contributed by atoms with Crippen LogP contribution in [-0.2, 0) is 0 Å². The van der Waals surface area contributed by atoms with Crippen LogP contribution in [0.1, 0.15) is 54.8 Å². The smallest absolute Gasteiger partial charge is 0.0554 e. The van der Waals surface area contributed by atoms with Crippen LogP contribution in [0.4, 0.5) is 5.69 Å². The molecule has 3 atom stereocenters. The molecule has 1 aliphatic carbocycles. The van der Waals surface area contributed by atoms with Crippen molar-refractivity contribution >= 4 is 17.3 Å². The van der Waals surface area contributed by atoms with E-state index in [0.29, 0.717) is 23.8 Å². The Morgan fingerprint density at radius 1 is 1.13 bits per heavy atom. The summed E-state index contributed by atoms with van der Waals surface area (Å²) in [4.78, 5) is 0. The number of anilines is 1. The van der Waals surface area contributed by atoms with E-state index in [0.717, 1.165) is 11.4 Å². The van der Waals surface area contributed by atoms with E-state index in [2.05, 4.69) is 67.7 Å². The van der Waals surface area contributed by atoms with E-state index >= 15 is 0 Å². The van der Waals surface area contributed by atoms with Crippen LogP contribution in [0.25, 0.3) is 0 Å². The van der Waals surface area contributed by atoms with Gasteiger partial charge in [-0.3, -0.25) is 0 Å². The van der Waals surface area contributed by atoms with E-state index < -0.39 is 0 Å². The maximum absolute atomic E-state index is 6.25. The molecule has 1 heterocycles. The molecular formula is C21H22ClN. The molecular weight excluding hydrogens is 302 g/mol. The summed E-state index contributed by atoms with van der Waals surface area (Å²) in [6.07, 6.45) is 5.86. The number of hydrogen-bond donors (Lipinski definition) is 1. The fourth-order valence-electron chi connectivity index (χ4n) is 4.16. The van der Waals surface area contributed by atoms with Crippen LogP contribution >= 0.6 is 11.6 Å². The fraction of sp³-hybridized carbons (Fsp3) is 0.333. The molecule has 0 saturated carbocycles. The average molecular weight is 324 g/mol. The molecule has 2 aromatic carbocycles. The predicted molar refractivity (Wildman–Crippen MR) is 98.3 cm³/mol. The summed E-state index contributed by atoms with van der Waals surface area (Å²) in [5, 5.41) is 4.68. The maximum atomic E-state index is 6.25. The van der Waals surface area contributed by atoms with Crippen LogP contribution in [0, 0.1) is 5.92 Å². The van der Waals surface area contributed by atoms with Crippen molar-refractivity contribution in [3.05, 3.63) is 76.3 Å². The Morgan fingerprint density at radius 2 is 1.96 bits per heavy atom. The average Bonchev–Trinajstić information content (AvgIpc) is 3.03. The van der Waals surface area contributed by atoms with Crippen molar-refractivity contribution < 1.29 is 0 Å². The number of nitrogens with one attached hydrogen (secondary N) is 1. The number of allylic oxidation sites excluding steroid dienone is 2. The lowest BCUT2D eigenvalue weighted by Crippen LogP contribution is -2.29. The molecule has 2 aromatic rings. The first-order chi connectivity index (χ1) is 11.1. The highest BCUT2D eigenvalue weighted by atomic mass is 35.5. The van der Waals surface area contributed by atoms with Gasteiger partial charge in [0.2, 0.25) is 0 Å². The maximum Gasteiger partial charge on any atom is 0.0554 e. The van der Waals surface area contributed by atoms with Gasteiger partial charge in [0.25, 0.3) is 0 Å². The normalized spacial score (nSPS) is 25.1. The van der Waals surface area contributed by atoms with Crippen molar-refractivity contribution in [1.82, 2.24) is 0 Å². The zero-order chi connectivity index (χ0) is 16.0. The van der Waals surface area contributed by atoms with Gasteiger partial charge in [-0.05, 0) is 47.1 Å². The summed E-state index contributed by atoms with van der Waals surface area (Å²) in [6.45, 7) is 4.53. The highest BCUT2D eigenvalue weighted by Gasteiger charge is 2.38. The molecule has 0 saturated heterocycles. The number of halogens is 1. The summed E-state index contributed by atoms with van der Waals surface area (Å²) in [6, 6.07) is 15.4. The first-order valence-corrected chi connectivity index (χ1v) is 8.84. The number of fused-ring (bicyclic) bond motifs is 3. The summed E-state index contributed by atoms with van der Waals surface area (Å²) >= 11 is 6.25. The molecule has 0 aromatic heterocycles. The minimum absolute atomic E-state index is 0.320. The minimum Gasteiger partial charge on any atom is -0.377 e. The lowest BCUT2D eigenvalue weighted by atomic mass is 9.75. The van der Waals surface area contributed by atoms with Gasteiger partial charge in [0.1, 0.15) is 0 Å². The van der Waals surface area contributed by atoms with E-state index in [9.17, 15) is 0 Å². The van der Waals surface area contributed by atoms with Crippen LogP contribution in [0.2, 0.25) is 5.02 Å². The first-order valence-electron chi connectivity index (χ1n) is 8.46. The zero-order valence-electron chi connectivity index (χ0n) is 13.6. The highest BCUT2D eigenvalue weighted by molar-refractivity contribution is 6.30. The number of hydrogen-bond acceptors (Lipinski definition) is 1. The van der Waals surface area contributed by atoms with Crippen LogP contribution in [0.15, 0.2) is 54.6 Å². The summed E-state index contributed by atoms with van der Waals surface area (Å²) in [7, 11) is 0. The van der Waals surface area contributed by atoms with Crippen molar-refractivity contribution in [2.24, 2.45) is 5.92 Å². The largest absolute Gasteiger partial charge is 0.377 e. The van der Waals surface area contributed by atoms with Gasteiger partial charge in [-0.15, -0.1) is 0 Å². The van der Waals surface area contributed by atoms with Gasteiger partial charge in [0, 0.05) is 16.6 Å². The van der Waals surface area contributed by atoms with Crippen LogP contribution in [0.3, 0.4) is 0 Å². The number of para-hydroxylation sites is 1. The van der Waals surface area contributed by atoms with Gasteiger partial charge in [0.05, 0.1) is 6.04 Å². The summed E-state index contributed by atoms with van der Waals surface area (Å²) in [5.41, 5.74) is 5.49. The molecule has 1 aliphatic heterocycles. The molecule has 0 bridgehead atoms. The molecule has 0 spiro atoms. The van der Waals surface area contributed by atoms with Crippen molar-refractivity contribution in [3.8, 4) is 0 Å². The quantitative estimate of drug-likeness (QED) is 0.640. The number of benzene rings is 2. The third-order valence-electron chi connectivity index (χ3n) is 5.26. The minimum atomic E-state index is 0.320. The second-order valence-electron chi connectivity index (χ2n) is 7.00. The second-order valence-corrected chi connectivity index (χ2v) is 7.43. The zero-order valence-corrected chi connectivity index (χ0v) is 14.3. The fourth-order valence-corrected chi connectivity index (χ4v) is 4.36. The Morgan fingerprint density at radius 3 is 2.74 bits per heavy atom. The molecule has 0 amide bonds. The van der Waals surface area contributed by atoms with E-state index in [1.54, 1.807) is 0 Å². The lowest BCUT2D eigenvalue weighted by molar-refractivity contribution is 0.424. The third kappa shape index (κ3) is 2.48. The third-order valence-corrected chi connectivity index (χ3v) is 5.49. The van der Waals surface area contributed by atoms with E-state index in [1.807, 2.05) is 6.07 Å². The van der Waals surface area contributed by atoms with Crippen molar-refractivity contribution in [3.63, 3.8) is 0 Å².